The Balaban J connectivity index is 1.88. The molecule has 0 spiro atoms. The molecule has 2 rings (SSSR count). The van der Waals surface area contributed by atoms with Gasteiger partial charge in [0.25, 0.3) is 5.91 Å². The molecule has 2 aliphatic rings. The number of allylic oxidation sites excluding steroid dienone is 1. The van der Waals surface area contributed by atoms with Crippen molar-refractivity contribution in [2.75, 3.05) is 13.1 Å². The predicted octanol–water partition coefficient (Wildman–Crippen LogP) is 2.38. The molecule has 0 aromatic heterocycles. The summed E-state index contributed by atoms with van der Waals surface area (Å²) in [5.74, 6) is 0.841. The minimum absolute atomic E-state index is 0.00436. The van der Waals surface area contributed by atoms with E-state index >= 15 is 0 Å². The van der Waals surface area contributed by atoms with Crippen LogP contribution in [0, 0.1) is 5.92 Å². The molecule has 4 heteroatoms. The molecule has 110 valence electrons. The van der Waals surface area contributed by atoms with Crippen LogP contribution in [0.1, 0.15) is 45.4 Å². The van der Waals surface area contributed by atoms with E-state index in [2.05, 4.69) is 16.8 Å². The first kappa shape index (κ1) is 14.8. The van der Waals surface area contributed by atoms with Crippen molar-refractivity contribution in [3.63, 3.8) is 0 Å². The Kier molecular flexibility index (Phi) is 4.99. The predicted molar refractivity (Wildman–Crippen MR) is 78.8 cm³/mol. The molecule has 1 aliphatic carbocycles. The topological polar surface area (TPSA) is 49.4 Å². The van der Waals surface area contributed by atoms with E-state index in [0.29, 0.717) is 5.82 Å². The van der Waals surface area contributed by atoms with Crippen molar-refractivity contribution in [2.24, 2.45) is 5.92 Å². The Labute approximate surface area is 120 Å². The average molecular weight is 276 g/mol. The summed E-state index contributed by atoms with van der Waals surface area (Å²) in [5.41, 5.74) is 2.14. The van der Waals surface area contributed by atoms with Gasteiger partial charge in [0.2, 0.25) is 0 Å². The van der Waals surface area contributed by atoms with Crippen LogP contribution in [0.15, 0.2) is 23.5 Å². The summed E-state index contributed by atoms with van der Waals surface area (Å²) >= 11 is 0. The number of hydrogen-bond donors (Lipinski definition) is 1. The van der Waals surface area contributed by atoms with Crippen LogP contribution in [-0.2, 0) is 9.59 Å². The molecule has 4 nitrogen and oxygen atoms in total. The molecule has 1 amide bonds. The Morgan fingerprint density at radius 3 is 2.55 bits per heavy atom. The zero-order chi connectivity index (χ0) is 14.5. The maximum atomic E-state index is 12.3. The van der Waals surface area contributed by atoms with Crippen LogP contribution in [0.2, 0.25) is 0 Å². The van der Waals surface area contributed by atoms with Gasteiger partial charge in [-0.2, -0.15) is 0 Å². The molecule has 0 saturated carbocycles. The van der Waals surface area contributed by atoms with E-state index in [0.717, 1.165) is 57.1 Å². The molecule has 1 fully saturated rings. The van der Waals surface area contributed by atoms with Crippen LogP contribution in [0.25, 0.3) is 0 Å². The monoisotopic (exact) mass is 276 g/mol. The molecule has 20 heavy (non-hydrogen) atoms. The summed E-state index contributed by atoms with van der Waals surface area (Å²) in [5, 5.41) is 2.93. The maximum absolute atomic E-state index is 12.3. The van der Waals surface area contributed by atoms with Gasteiger partial charge < -0.3 is 15.0 Å². The molecule has 0 aromatic carbocycles. The summed E-state index contributed by atoms with van der Waals surface area (Å²) in [7, 11) is 0. The maximum Gasteiger partial charge on any atom is 0.252 e. The fourth-order valence-electron chi connectivity index (χ4n) is 2.95. The lowest BCUT2D eigenvalue weighted by atomic mass is 9.92. The lowest BCUT2D eigenvalue weighted by molar-refractivity contribution is -0.118. The lowest BCUT2D eigenvalue weighted by Crippen LogP contribution is -2.40. The Morgan fingerprint density at radius 2 is 1.95 bits per heavy atom. The molecule has 0 unspecified atom stereocenters. The third-order valence-electron chi connectivity index (χ3n) is 4.39. The van der Waals surface area contributed by atoms with Crippen LogP contribution < -0.4 is 5.32 Å². The summed E-state index contributed by atoms with van der Waals surface area (Å²) in [4.78, 5) is 25.1. The van der Waals surface area contributed by atoms with Gasteiger partial charge in [0.05, 0.1) is 0 Å². The number of aldehydes is 1. The number of rotatable bonds is 4. The van der Waals surface area contributed by atoms with Crippen molar-refractivity contribution in [2.45, 2.75) is 45.4 Å². The van der Waals surface area contributed by atoms with Gasteiger partial charge in [-0.15, -0.1) is 0 Å². The van der Waals surface area contributed by atoms with Crippen molar-refractivity contribution < 1.29 is 9.59 Å². The summed E-state index contributed by atoms with van der Waals surface area (Å²) in [6.07, 6.45) is 6.91. The lowest BCUT2D eigenvalue weighted by Gasteiger charge is -2.33. The molecule has 0 atom stereocenters. The fourth-order valence-corrected chi connectivity index (χ4v) is 2.95. The number of nitrogens with zero attached hydrogens (tertiary/aromatic N) is 1. The summed E-state index contributed by atoms with van der Waals surface area (Å²) in [6, 6.07) is 0. The van der Waals surface area contributed by atoms with E-state index in [9.17, 15) is 9.59 Å². The number of amides is 1. The van der Waals surface area contributed by atoms with Gasteiger partial charge in [-0.05, 0) is 45.4 Å². The first-order chi connectivity index (χ1) is 9.61. The van der Waals surface area contributed by atoms with Gasteiger partial charge >= 0.3 is 0 Å². The molecule has 1 N–H and O–H groups in total. The van der Waals surface area contributed by atoms with Crippen LogP contribution >= 0.6 is 0 Å². The Bertz CT molecular complexity index is 432. The van der Waals surface area contributed by atoms with Crippen LogP contribution in [0.4, 0.5) is 0 Å². The third kappa shape index (κ3) is 3.50. The summed E-state index contributed by atoms with van der Waals surface area (Å²) in [6.45, 7) is 7.60. The Morgan fingerprint density at radius 1 is 1.30 bits per heavy atom. The van der Waals surface area contributed by atoms with Crippen molar-refractivity contribution in [1.29, 1.82) is 0 Å². The van der Waals surface area contributed by atoms with Crippen LogP contribution in [0.5, 0.6) is 0 Å². The highest BCUT2D eigenvalue weighted by atomic mass is 16.1. The van der Waals surface area contributed by atoms with Gasteiger partial charge in [-0.3, -0.25) is 4.79 Å². The zero-order valence-corrected chi connectivity index (χ0v) is 12.3. The van der Waals surface area contributed by atoms with E-state index < -0.39 is 0 Å². The molecular weight excluding hydrogens is 252 g/mol. The number of hydrogen-bond acceptors (Lipinski definition) is 3. The number of likely N-dealkylation sites (tertiary alicyclic amines) is 1. The van der Waals surface area contributed by atoms with Gasteiger partial charge in [0, 0.05) is 24.6 Å². The van der Waals surface area contributed by atoms with Crippen molar-refractivity contribution in [3.05, 3.63) is 23.5 Å². The second-order valence-corrected chi connectivity index (χ2v) is 5.83. The SMILES string of the molecule is C=C(NC(=O)C1=C(C)CCCC1)N1CCC(C=O)CC1. The Hall–Kier alpha value is -1.58. The largest absolute Gasteiger partial charge is 0.359 e. The van der Waals surface area contributed by atoms with Crippen molar-refractivity contribution in [1.82, 2.24) is 10.2 Å². The average Bonchev–Trinajstić information content (AvgIpc) is 2.47. The van der Waals surface area contributed by atoms with E-state index in [1.807, 2.05) is 6.92 Å². The van der Waals surface area contributed by atoms with Gasteiger partial charge in [0.1, 0.15) is 12.1 Å². The highest BCUT2D eigenvalue weighted by molar-refractivity contribution is 5.95. The second-order valence-electron chi connectivity index (χ2n) is 5.83. The molecule has 1 heterocycles. The molecule has 0 aromatic rings. The number of piperidine rings is 1. The number of nitrogens with one attached hydrogen (secondary N) is 1. The molecule has 1 aliphatic heterocycles. The van der Waals surface area contributed by atoms with Crippen molar-refractivity contribution >= 4 is 12.2 Å². The molecule has 0 radical (unpaired) electrons. The highest BCUT2D eigenvalue weighted by Gasteiger charge is 2.22. The minimum Gasteiger partial charge on any atom is -0.359 e. The van der Waals surface area contributed by atoms with Crippen molar-refractivity contribution in [3.8, 4) is 0 Å². The quantitative estimate of drug-likeness (QED) is 0.802. The minimum atomic E-state index is 0.00436. The number of carbonyl (C=O) groups excluding carboxylic acids is 2. The number of carbonyl (C=O) groups is 2. The van der Waals surface area contributed by atoms with Gasteiger partial charge in [-0.25, -0.2) is 0 Å². The van der Waals surface area contributed by atoms with Gasteiger partial charge in [-0.1, -0.05) is 12.2 Å². The fraction of sp³-hybridized carbons (Fsp3) is 0.625. The highest BCUT2D eigenvalue weighted by Crippen LogP contribution is 2.25. The first-order valence-corrected chi connectivity index (χ1v) is 7.51. The normalized spacial score (nSPS) is 20.8. The van der Waals surface area contributed by atoms with E-state index in [-0.39, 0.29) is 11.8 Å². The summed E-state index contributed by atoms with van der Waals surface area (Å²) < 4.78 is 0. The molecule has 0 bridgehead atoms. The van der Waals surface area contributed by atoms with E-state index in [1.165, 1.54) is 12.0 Å². The smallest absolute Gasteiger partial charge is 0.252 e. The molecular formula is C16H24N2O2. The van der Waals surface area contributed by atoms with E-state index in [1.54, 1.807) is 0 Å². The standard InChI is InChI=1S/C16H24N2O2/c1-12-5-3-4-6-15(12)16(20)17-13(2)18-9-7-14(11-19)8-10-18/h11,14H,2-10H2,1H3,(H,17,20). The second kappa shape index (κ2) is 6.73. The zero-order valence-electron chi connectivity index (χ0n) is 12.3. The van der Waals surface area contributed by atoms with Crippen LogP contribution in [-0.4, -0.2) is 30.2 Å². The molecule has 1 saturated heterocycles. The van der Waals surface area contributed by atoms with Crippen LogP contribution in [0.3, 0.4) is 0 Å². The van der Waals surface area contributed by atoms with E-state index in [4.69, 9.17) is 0 Å². The third-order valence-corrected chi connectivity index (χ3v) is 4.39. The first-order valence-electron chi connectivity index (χ1n) is 7.51. The van der Waals surface area contributed by atoms with Gasteiger partial charge in [0.15, 0.2) is 0 Å².